The molecule has 0 unspecified atom stereocenters. The Morgan fingerprint density at radius 2 is 2.00 bits per heavy atom. The van der Waals surface area contributed by atoms with Gasteiger partial charge in [0.15, 0.2) is 0 Å². The molecule has 0 amide bonds. The zero-order chi connectivity index (χ0) is 10.8. The van der Waals surface area contributed by atoms with Crippen LogP contribution < -0.4 is 5.73 Å². The molecule has 1 aromatic carbocycles. The van der Waals surface area contributed by atoms with Gasteiger partial charge in [-0.1, -0.05) is 19.9 Å². The van der Waals surface area contributed by atoms with Gasteiger partial charge in [0.1, 0.15) is 11.3 Å². The summed E-state index contributed by atoms with van der Waals surface area (Å²) in [5, 5.41) is 1.23. The van der Waals surface area contributed by atoms with Crippen LogP contribution in [-0.4, -0.2) is 0 Å². The molecule has 0 spiro atoms. The molecule has 15 heavy (non-hydrogen) atoms. The third-order valence-corrected chi connectivity index (χ3v) is 2.89. The van der Waals surface area contributed by atoms with Crippen LogP contribution in [0.25, 0.3) is 11.0 Å². The first-order valence-corrected chi connectivity index (χ1v) is 5.53. The van der Waals surface area contributed by atoms with Crippen molar-refractivity contribution in [3.63, 3.8) is 0 Å². The number of hydrogen-bond donors (Lipinski definition) is 1. The molecule has 80 valence electrons. The standard InChI is InChI=1S/C13H17NO/c1-3-9-5-6-12-11(7-9)10(4-2)13(8-14)15-12/h5-7H,3-4,8,14H2,1-2H3. The lowest BCUT2D eigenvalue weighted by atomic mass is 10.0. The molecular formula is C13H17NO. The molecule has 0 radical (unpaired) electrons. The third kappa shape index (κ3) is 1.65. The number of hydrogen-bond acceptors (Lipinski definition) is 2. The molecule has 0 aliphatic rings. The highest BCUT2D eigenvalue weighted by atomic mass is 16.3. The number of benzene rings is 1. The molecule has 1 heterocycles. The molecule has 0 fully saturated rings. The van der Waals surface area contributed by atoms with E-state index in [1.807, 2.05) is 6.07 Å². The van der Waals surface area contributed by atoms with Crippen LogP contribution in [0.2, 0.25) is 0 Å². The fourth-order valence-corrected chi connectivity index (χ4v) is 2.02. The fourth-order valence-electron chi connectivity index (χ4n) is 2.02. The summed E-state index contributed by atoms with van der Waals surface area (Å²) in [5.41, 5.74) is 9.24. The number of fused-ring (bicyclic) bond motifs is 1. The van der Waals surface area contributed by atoms with Gasteiger partial charge in [0.25, 0.3) is 0 Å². The van der Waals surface area contributed by atoms with E-state index in [2.05, 4.69) is 26.0 Å². The van der Waals surface area contributed by atoms with Crippen molar-refractivity contribution in [2.45, 2.75) is 33.2 Å². The first kappa shape index (κ1) is 10.2. The summed E-state index contributed by atoms with van der Waals surface area (Å²) < 4.78 is 5.71. The predicted molar refractivity (Wildman–Crippen MR) is 62.9 cm³/mol. The molecule has 2 aromatic rings. The lowest BCUT2D eigenvalue weighted by Crippen LogP contribution is -1.97. The van der Waals surface area contributed by atoms with E-state index in [9.17, 15) is 0 Å². The average Bonchev–Trinajstić information content (AvgIpc) is 2.65. The van der Waals surface area contributed by atoms with E-state index in [1.165, 1.54) is 16.5 Å². The minimum absolute atomic E-state index is 0.485. The molecular weight excluding hydrogens is 186 g/mol. The number of nitrogens with two attached hydrogens (primary N) is 1. The Bertz CT molecular complexity index is 471. The third-order valence-electron chi connectivity index (χ3n) is 2.89. The summed E-state index contributed by atoms with van der Waals surface area (Å²) in [7, 11) is 0. The van der Waals surface area contributed by atoms with Crippen LogP contribution in [0.1, 0.15) is 30.7 Å². The van der Waals surface area contributed by atoms with Crippen molar-refractivity contribution in [2.24, 2.45) is 5.73 Å². The van der Waals surface area contributed by atoms with E-state index in [-0.39, 0.29) is 0 Å². The maximum atomic E-state index is 5.71. The second kappa shape index (κ2) is 4.07. The quantitative estimate of drug-likeness (QED) is 0.832. The Morgan fingerprint density at radius 1 is 1.20 bits per heavy atom. The van der Waals surface area contributed by atoms with Gasteiger partial charge in [-0.25, -0.2) is 0 Å². The monoisotopic (exact) mass is 203 g/mol. The highest BCUT2D eigenvalue weighted by molar-refractivity contribution is 5.83. The number of rotatable bonds is 3. The topological polar surface area (TPSA) is 39.2 Å². The van der Waals surface area contributed by atoms with Gasteiger partial charge in [0.2, 0.25) is 0 Å². The van der Waals surface area contributed by atoms with E-state index < -0.39 is 0 Å². The van der Waals surface area contributed by atoms with Crippen LogP contribution >= 0.6 is 0 Å². The van der Waals surface area contributed by atoms with Crippen molar-refractivity contribution < 1.29 is 4.42 Å². The van der Waals surface area contributed by atoms with Crippen LogP contribution in [0.5, 0.6) is 0 Å². The lowest BCUT2D eigenvalue weighted by molar-refractivity contribution is 0.546. The Hall–Kier alpha value is -1.28. The maximum absolute atomic E-state index is 5.71. The Labute approximate surface area is 90.1 Å². The Kier molecular flexibility index (Phi) is 2.78. The van der Waals surface area contributed by atoms with E-state index in [1.54, 1.807) is 0 Å². The molecule has 0 bridgehead atoms. The average molecular weight is 203 g/mol. The molecule has 2 rings (SSSR count). The molecule has 2 nitrogen and oxygen atoms in total. The first-order valence-electron chi connectivity index (χ1n) is 5.53. The highest BCUT2D eigenvalue weighted by Crippen LogP contribution is 2.27. The predicted octanol–water partition coefficient (Wildman–Crippen LogP) is 3.02. The van der Waals surface area contributed by atoms with Gasteiger partial charge in [-0.15, -0.1) is 0 Å². The molecule has 0 aliphatic carbocycles. The maximum Gasteiger partial charge on any atom is 0.134 e. The minimum Gasteiger partial charge on any atom is -0.459 e. The van der Waals surface area contributed by atoms with Gasteiger partial charge in [0.05, 0.1) is 6.54 Å². The SMILES string of the molecule is CCc1ccc2oc(CN)c(CC)c2c1. The fraction of sp³-hybridized carbons (Fsp3) is 0.385. The van der Waals surface area contributed by atoms with Crippen LogP contribution in [0.3, 0.4) is 0 Å². The number of aryl methyl sites for hydroxylation is 2. The Balaban J connectivity index is 2.67. The second-order valence-electron chi connectivity index (χ2n) is 3.75. The van der Waals surface area contributed by atoms with Crippen LogP contribution in [0.15, 0.2) is 22.6 Å². The Morgan fingerprint density at radius 3 is 2.60 bits per heavy atom. The van der Waals surface area contributed by atoms with Gasteiger partial charge in [-0.05, 0) is 30.5 Å². The largest absolute Gasteiger partial charge is 0.459 e. The van der Waals surface area contributed by atoms with Gasteiger partial charge >= 0.3 is 0 Å². The lowest BCUT2D eigenvalue weighted by Gasteiger charge is -1.97. The van der Waals surface area contributed by atoms with Crippen molar-refractivity contribution in [1.29, 1.82) is 0 Å². The smallest absolute Gasteiger partial charge is 0.134 e. The van der Waals surface area contributed by atoms with Crippen molar-refractivity contribution in [1.82, 2.24) is 0 Å². The molecule has 0 atom stereocenters. The van der Waals surface area contributed by atoms with Crippen LogP contribution in [-0.2, 0) is 19.4 Å². The molecule has 2 N–H and O–H groups in total. The first-order chi connectivity index (χ1) is 7.30. The van der Waals surface area contributed by atoms with E-state index in [4.69, 9.17) is 10.2 Å². The minimum atomic E-state index is 0.485. The summed E-state index contributed by atoms with van der Waals surface area (Å²) in [6.45, 7) is 4.79. The molecule has 2 heteroatoms. The highest BCUT2D eigenvalue weighted by Gasteiger charge is 2.11. The normalized spacial score (nSPS) is 11.1. The van der Waals surface area contributed by atoms with Gasteiger partial charge in [-0.3, -0.25) is 0 Å². The van der Waals surface area contributed by atoms with Crippen LogP contribution in [0.4, 0.5) is 0 Å². The molecule has 0 saturated carbocycles. The van der Waals surface area contributed by atoms with Crippen molar-refractivity contribution in [2.75, 3.05) is 0 Å². The van der Waals surface area contributed by atoms with Crippen molar-refractivity contribution >= 4 is 11.0 Å². The van der Waals surface area contributed by atoms with Crippen molar-refractivity contribution in [3.05, 3.63) is 35.1 Å². The van der Waals surface area contributed by atoms with Gasteiger partial charge in [-0.2, -0.15) is 0 Å². The number of furan rings is 1. The van der Waals surface area contributed by atoms with E-state index >= 15 is 0 Å². The summed E-state index contributed by atoms with van der Waals surface area (Å²) in [6, 6.07) is 6.38. The zero-order valence-electron chi connectivity index (χ0n) is 9.34. The zero-order valence-corrected chi connectivity index (χ0v) is 9.34. The molecule has 0 aliphatic heterocycles. The summed E-state index contributed by atoms with van der Waals surface area (Å²) in [4.78, 5) is 0. The summed E-state index contributed by atoms with van der Waals surface area (Å²) >= 11 is 0. The summed E-state index contributed by atoms with van der Waals surface area (Å²) in [5.74, 6) is 0.931. The van der Waals surface area contributed by atoms with E-state index in [0.717, 1.165) is 24.2 Å². The van der Waals surface area contributed by atoms with Gasteiger partial charge < -0.3 is 10.2 Å². The summed E-state index contributed by atoms with van der Waals surface area (Å²) in [6.07, 6.45) is 2.04. The van der Waals surface area contributed by atoms with Crippen molar-refractivity contribution in [3.8, 4) is 0 Å². The molecule has 0 saturated heterocycles. The van der Waals surface area contributed by atoms with Gasteiger partial charge in [0, 0.05) is 10.9 Å². The van der Waals surface area contributed by atoms with Crippen LogP contribution in [0, 0.1) is 0 Å². The molecule has 1 aromatic heterocycles. The van der Waals surface area contributed by atoms with E-state index in [0.29, 0.717) is 6.54 Å². The second-order valence-corrected chi connectivity index (χ2v) is 3.75.